The molecule has 0 radical (unpaired) electrons. The number of rotatable bonds is 6. The van der Waals surface area contributed by atoms with E-state index in [2.05, 4.69) is 17.1 Å². The minimum Gasteiger partial charge on any atom is -0.317 e. The Morgan fingerprint density at radius 2 is 1.92 bits per heavy atom. The number of nitrogens with zero attached hydrogens (tertiary/aromatic N) is 1. The van der Waals surface area contributed by atoms with Gasteiger partial charge in [-0.25, -0.2) is 0 Å². The van der Waals surface area contributed by atoms with Gasteiger partial charge in [-0.15, -0.1) is 0 Å². The van der Waals surface area contributed by atoms with Crippen LogP contribution in [0, 0.1) is 0 Å². The fraction of sp³-hybridized carbons (Fsp3) is 1.00. The molecule has 0 amide bonds. The van der Waals surface area contributed by atoms with Gasteiger partial charge in [0.1, 0.15) is 0 Å². The average Bonchev–Trinajstić information content (AvgIpc) is 2.57. The van der Waals surface area contributed by atoms with Gasteiger partial charge in [-0.3, -0.25) is 0 Å². The van der Waals surface area contributed by atoms with Gasteiger partial charge in [-0.2, -0.15) is 0 Å². The Balaban J connectivity index is 1.81. The fourth-order valence-electron chi connectivity index (χ4n) is 1.77. The number of nitrogens with one attached hydrogen (secondary N) is 1. The van der Waals surface area contributed by atoms with E-state index >= 15 is 0 Å². The van der Waals surface area contributed by atoms with E-state index in [1.165, 1.54) is 51.9 Å². The monoisotopic (exact) mass is 170 g/mol. The van der Waals surface area contributed by atoms with E-state index in [4.69, 9.17) is 0 Å². The van der Waals surface area contributed by atoms with Gasteiger partial charge >= 0.3 is 0 Å². The van der Waals surface area contributed by atoms with Crippen molar-refractivity contribution in [2.45, 2.75) is 32.6 Å². The Morgan fingerprint density at radius 1 is 1.17 bits per heavy atom. The first-order valence-electron chi connectivity index (χ1n) is 5.36. The predicted molar refractivity (Wildman–Crippen MR) is 53.5 cm³/mol. The number of unbranched alkanes of at least 4 members (excludes halogenated alkanes) is 1. The zero-order chi connectivity index (χ0) is 8.65. The molecular formula is C10H22N2. The van der Waals surface area contributed by atoms with Gasteiger partial charge in [0.2, 0.25) is 0 Å². The van der Waals surface area contributed by atoms with Crippen LogP contribution in [-0.2, 0) is 0 Å². The third kappa shape index (κ3) is 4.07. The molecule has 0 atom stereocenters. The van der Waals surface area contributed by atoms with Gasteiger partial charge in [-0.1, -0.05) is 6.92 Å². The molecule has 0 bridgehead atoms. The molecule has 0 unspecified atom stereocenters. The van der Waals surface area contributed by atoms with E-state index in [1.54, 1.807) is 0 Å². The molecule has 1 saturated heterocycles. The van der Waals surface area contributed by atoms with Crippen LogP contribution in [0.2, 0.25) is 0 Å². The number of likely N-dealkylation sites (tertiary alicyclic amines) is 1. The lowest BCUT2D eigenvalue weighted by atomic mass is 10.3. The summed E-state index contributed by atoms with van der Waals surface area (Å²) in [6.45, 7) is 8.50. The van der Waals surface area contributed by atoms with Crippen molar-refractivity contribution in [1.29, 1.82) is 0 Å². The smallest absolute Gasteiger partial charge is 0.00183 e. The standard InChI is InChI=1S/C10H22N2/c1-2-11-7-3-4-8-12-9-5-6-10-12/h11H,2-10H2,1H3. The minimum atomic E-state index is 1.11. The van der Waals surface area contributed by atoms with Crippen LogP contribution in [0.15, 0.2) is 0 Å². The molecule has 12 heavy (non-hydrogen) atoms. The van der Waals surface area contributed by atoms with Crippen molar-refractivity contribution < 1.29 is 0 Å². The van der Waals surface area contributed by atoms with Gasteiger partial charge in [-0.05, 0) is 58.4 Å². The van der Waals surface area contributed by atoms with E-state index in [9.17, 15) is 0 Å². The van der Waals surface area contributed by atoms with Crippen LogP contribution in [-0.4, -0.2) is 37.6 Å². The molecule has 0 spiro atoms. The summed E-state index contributed by atoms with van der Waals surface area (Å²) in [5, 5.41) is 3.36. The maximum atomic E-state index is 3.36. The highest BCUT2D eigenvalue weighted by molar-refractivity contribution is 4.65. The first kappa shape index (κ1) is 10.0. The second-order valence-electron chi connectivity index (χ2n) is 3.61. The van der Waals surface area contributed by atoms with Crippen LogP contribution in [0.1, 0.15) is 32.6 Å². The van der Waals surface area contributed by atoms with E-state index in [0.29, 0.717) is 0 Å². The van der Waals surface area contributed by atoms with Gasteiger partial charge in [0.25, 0.3) is 0 Å². The fourth-order valence-corrected chi connectivity index (χ4v) is 1.77. The van der Waals surface area contributed by atoms with Crippen molar-refractivity contribution in [3.8, 4) is 0 Å². The molecule has 1 aliphatic rings. The quantitative estimate of drug-likeness (QED) is 0.607. The van der Waals surface area contributed by atoms with Crippen molar-refractivity contribution in [2.24, 2.45) is 0 Å². The summed E-state index contributed by atoms with van der Waals surface area (Å²) in [6.07, 6.45) is 5.55. The second kappa shape index (κ2) is 6.44. The molecule has 1 fully saturated rings. The first-order chi connectivity index (χ1) is 5.93. The van der Waals surface area contributed by atoms with Crippen LogP contribution in [0.5, 0.6) is 0 Å². The lowest BCUT2D eigenvalue weighted by Crippen LogP contribution is -2.22. The summed E-state index contributed by atoms with van der Waals surface area (Å²) in [6, 6.07) is 0. The normalized spacial score (nSPS) is 18.8. The molecule has 1 rings (SSSR count). The third-order valence-electron chi connectivity index (χ3n) is 2.53. The molecule has 72 valence electrons. The molecule has 0 aromatic carbocycles. The van der Waals surface area contributed by atoms with Gasteiger partial charge in [0.05, 0.1) is 0 Å². The Labute approximate surface area is 76.3 Å². The first-order valence-corrected chi connectivity index (χ1v) is 5.36. The highest BCUT2D eigenvalue weighted by atomic mass is 15.1. The van der Waals surface area contributed by atoms with Crippen molar-refractivity contribution >= 4 is 0 Å². The molecule has 0 aromatic rings. The van der Waals surface area contributed by atoms with E-state index in [-0.39, 0.29) is 0 Å². The highest BCUT2D eigenvalue weighted by Crippen LogP contribution is 2.07. The van der Waals surface area contributed by atoms with Gasteiger partial charge in [0.15, 0.2) is 0 Å². The molecule has 1 N–H and O–H groups in total. The second-order valence-corrected chi connectivity index (χ2v) is 3.61. The lowest BCUT2D eigenvalue weighted by Gasteiger charge is -2.13. The molecule has 2 heteroatoms. The van der Waals surface area contributed by atoms with E-state index in [0.717, 1.165) is 6.54 Å². The van der Waals surface area contributed by atoms with E-state index in [1.807, 2.05) is 0 Å². The molecule has 0 saturated carbocycles. The maximum Gasteiger partial charge on any atom is -0.00183 e. The Hall–Kier alpha value is -0.0800. The van der Waals surface area contributed by atoms with Crippen LogP contribution < -0.4 is 5.32 Å². The van der Waals surface area contributed by atoms with Crippen LogP contribution >= 0.6 is 0 Å². The summed E-state index contributed by atoms with van der Waals surface area (Å²) in [4.78, 5) is 2.59. The zero-order valence-electron chi connectivity index (χ0n) is 8.31. The van der Waals surface area contributed by atoms with Crippen LogP contribution in [0.3, 0.4) is 0 Å². The summed E-state index contributed by atoms with van der Waals surface area (Å²) in [5.41, 5.74) is 0. The maximum absolute atomic E-state index is 3.36. The van der Waals surface area contributed by atoms with Crippen molar-refractivity contribution in [1.82, 2.24) is 10.2 Å². The topological polar surface area (TPSA) is 15.3 Å². The van der Waals surface area contributed by atoms with Gasteiger partial charge in [0, 0.05) is 0 Å². The lowest BCUT2D eigenvalue weighted by molar-refractivity contribution is 0.329. The SMILES string of the molecule is CCNCCCCN1CCCC1. The summed E-state index contributed by atoms with van der Waals surface area (Å²) < 4.78 is 0. The van der Waals surface area contributed by atoms with Crippen molar-refractivity contribution in [3.05, 3.63) is 0 Å². The van der Waals surface area contributed by atoms with Crippen LogP contribution in [0.25, 0.3) is 0 Å². The van der Waals surface area contributed by atoms with Crippen molar-refractivity contribution in [3.63, 3.8) is 0 Å². The predicted octanol–water partition coefficient (Wildman–Crippen LogP) is 1.47. The summed E-state index contributed by atoms with van der Waals surface area (Å²) in [7, 11) is 0. The third-order valence-corrected chi connectivity index (χ3v) is 2.53. The van der Waals surface area contributed by atoms with Crippen molar-refractivity contribution in [2.75, 3.05) is 32.7 Å². The number of hydrogen-bond donors (Lipinski definition) is 1. The highest BCUT2D eigenvalue weighted by Gasteiger charge is 2.09. The summed E-state index contributed by atoms with van der Waals surface area (Å²) in [5.74, 6) is 0. The van der Waals surface area contributed by atoms with Gasteiger partial charge < -0.3 is 10.2 Å². The molecule has 1 aliphatic heterocycles. The zero-order valence-corrected chi connectivity index (χ0v) is 8.31. The molecule has 2 nitrogen and oxygen atoms in total. The largest absolute Gasteiger partial charge is 0.317 e. The summed E-state index contributed by atoms with van der Waals surface area (Å²) >= 11 is 0. The minimum absolute atomic E-state index is 1.11. The Bertz CT molecular complexity index is 98.0. The Morgan fingerprint density at radius 3 is 2.58 bits per heavy atom. The van der Waals surface area contributed by atoms with E-state index < -0.39 is 0 Å². The molecule has 0 aromatic heterocycles. The average molecular weight is 170 g/mol. The molecular weight excluding hydrogens is 148 g/mol. The van der Waals surface area contributed by atoms with Crippen LogP contribution in [0.4, 0.5) is 0 Å². The number of hydrogen-bond acceptors (Lipinski definition) is 2. The Kier molecular flexibility index (Phi) is 5.37. The molecule has 0 aliphatic carbocycles. The molecule has 1 heterocycles.